The van der Waals surface area contributed by atoms with Gasteiger partial charge in [0.25, 0.3) is 0 Å². The predicted molar refractivity (Wildman–Crippen MR) is 74.0 cm³/mol. The van der Waals surface area contributed by atoms with E-state index in [4.69, 9.17) is 0 Å². The average molecular weight is 274 g/mol. The topological polar surface area (TPSA) is 49.4 Å². The van der Waals surface area contributed by atoms with E-state index in [0.717, 1.165) is 32.4 Å². The minimum Gasteiger partial charge on any atom is -0.306 e. The lowest BCUT2D eigenvalue weighted by Gasteiger charge is -2.24. The first-order valence-electron chi connectivity index (χ1n) is 7.04. The second kappa shape index (κ2) is 5.47. The van der Waals surface area contributed by atoms with Gasteiger partial charge in [0.15, 0.2) is 0 Å². The van der Waals surface area contributed by atoms with Crippen LogP contribution in [-0.2, 0) is 10.0 Å². The number of sulfonamides is 1. The van der Waals surface area contributed by atoms with Gasteiger partial charge in [-0.15, -0.1) is 0 Å². The highest BCUT2D eigenvalue weighted by molar-refractivity contribution is 7.89. The molecular weight excluding hydrogens is 248 g/mol. The van der Waals surface area contributed by atoms with Gasteiger partial charge in [-0.05, 0) is 44.2 Å². The van der Waals surface area contributed by atoms with Crippen molar-refractivity contribution >= 4 is 10.0 Å². The molecule has 1 heterocycles. The van der Waals surface area contributed by atoms with Crippen LogP contribution in [0, 0.1) is 11.3 Å². The zero-order valence-corrected chi connectivity index (χ0v) is 12.4. The first kappa shape index (κ1) is 14.3. The van der Waals surface area contributed by atoms with Gasteiger partial charge in [-0.25, -0.2) is 13.1 Å². The van der Waals surface area contributed by atoms with E-state index >= 15 is 0 Å². The Morgan fingerprint density at radius 3 is 2.56 bits per heavy atom. The Morgan fingerprint density at radius 2 is 2.00 bits per heavy atom. The Hall–Kier alpha value is -0.130. The molecule has 0 aromatic rings. The molecule has 0 aromatic heterocycles. The van der Waals surface area contributed by atoms with Crippen LogP contribution in [0.2, 0.25) is 0 Å². The highest BCUT2D eigenvalue weighted by atomic mass is 32.2. The zero-order chi connectivity index (χ0) is 13.2. The molecule has 0 unspecified atom stereocenters. The molecule has 2 fully saturated rings. The first-order valence-corrected chi connectivity index (χ1v) is 8.70. The summed E-state index contributed by atoms with van der Waals surface area (Å²) < 4.78 is 26.9. The smallest absolute Gasteiger partial charge is 0.211 e. The third kappa shape index (κ3) is 3.93. The van der Waals surface area contributed by atoms with E-state index in [9.17, 15) is 8.42 Å². The standard InChI is InChI=1S/C13H26N2O2S/c1-13(7-8-15(2)11-13)10-14-18(16,17)9-12-5-3-4-6-12/h12,14H,3-11H2,1-2H3/t13-/m1/s1. The summed E-state index contributed by atoms with van der Waals surface area (Å²) in [5.41, 5.74) is 0.109. The summed E-state index contributed by atoms with van der Waals surface area (Å²) in [6.07, 6.45) is 5.64. The van der Waals surface area contributed by atoms with Gasteiger partial charge in [0.2, 0.25) is 10.0 Å². The molecular formula is C13H26N2O2S. The van der Waals surface area contributed by atoms with Crippen LogP contribution < -0.4 is 4.72 Å². The van der Waals surface area contributed by atoms with Gasteiger partial charge >= 0.3 is 0 Å². The average Bonchev–Trinajstić information content (AvgIpc) is 2.87. The molecule has 18 heavy (non-hydrogen) atoms. The van der Waals surface area contributed by atoms with Crippen molar-refractivity contribution in [3.05, 3.63) is 0 Å². The molecule has 1 N–H and O–H groups in total. The van der Waals surface area contributed by atoms with E-state index in [2.05, 4.69) is 23.6 Å². The molecule has 1 aliphatic carbocycles. The quantitative estimate of drug-likeness (QED) is 0.825. The largest absolute Gasteiger partial charge is 0.306 e. The normalized spacial score (nSPS) is 31.2. The van der Waals surface area contributed by atoms with Crippen LogP contribution in [0.4, 0.5) is 0 Å². The monoisotopic (exact) mass is 274 g/mol. The summed E-state index contributed by atoms with van der Waals surface area (Å²) in [5, 5.41) is 0. The molecule has 106 valence electrons. The molecule has 4 nitrogen and oxygen atoms in total. The van der Waals surface area contributed by atoms with Gasteiger partial charge in [-0.3, -0.25) is 0 Å². The number of rotatable bonds is 5. The van der Waals surface area contributed by atoms with E-state index in [1.807, 2.05) is 0 Å². The Bertz CT molecular complexity index is 376. The van der Waals surface area contributed by atoms with E-state index in [0.29, 0.717) is 18.2 Å². The molecule has 0 spiro atoms. The Morgan fingerprint density at radius 1 is 1.33 bits per heavy atom. The van der Waals surface area contributed by atoms with Crippen LogP contribution >= 0.6 is 0 Å². The Balaban J connectivity index is 1.81. The number of nitrogens with one attached hydrogen (secondary N) is 1. The summed E-state index contributed by atoms with van der Waals surface area (Å²) in [5.74, 6) is 0.723. The molecule has 0 bridgehead atoms. The summed E-state index contributed by atoms with van der Waals surface area (Å²) in [6.45, 7) is 4.82. The van der Waals surface area contributed by atoms with Gasteiger partial charge in [0, 0.05) is 13.1 Å². The number of hydrogen-bond acceptors (Lipinski definition) is 3. The third-order valence-electron chi connectivity index (χ3n) is 4.40. The summed E-state index contributed by atoms with van der Waals surface area (Å²) >= 11 is 0. The lowest BCUT2D eigenvalue weighted by Crippen LogP contribution is -2.39. The van der Waals surface area contributed by atoms with Crippen molar-refractivity contribution < 1.29 is 8.42 Å². The molecule has 1 saturated carbocycles. The number of hydrogen-bond donors (Lipinski definition) is 1. The van der Waals surface area contributed by atoms with Crippen molar-refractivity contribution in [1.82, 2.24) is 9.62 Å². The highest BCUT2D eigenvalue weighted by Crippen LogP contribution is 2.29. The third-order valence-corrected chi connectivity index (χ3v) is 5.89. The molecule has 1 saturated heterocycles. The van der Waals surface area contributed by atoms with Crippen LogP contribution in [0.5, 0.6) is 0 Å². The lowest BCUT2D eigenvalue weighted by molar-refractivity contribution is 0.309. The van der Waals surface area contributed by atoms with Crippen LogP contribution in [0.1, 0.15) is 39.0 Å². The fraction of sp³-hybridized carbons (Fsp3) is 1.00. The minimum absolute atomic E-state index is 0.109. The highest BCUT2D eigenvalue weighted by Gasteiger charge is 2.33. The molecule has 2 aliphatic rings. The molecule has 1 atom stereocenters. The number of nitrogens with zero attached hydrogens (tertiary/aromatic N) is 1. The molecule has 2 rings (SSSR count). The van der Waals surface area contributed by atoms with Crippen LogP contribution in [0.25, 0.3) is 0 Å². The van der Waals surface area contributed by atoms with Crippen molar-refractivity contribution in [1.29, 1.82) is 0 Å². The number of likely N-dealkylation sites (tertiary alicyclic amines) is 1. The van der Waals surface area contributed by atoms with Gasteiger partial charge in [0.05, 0.1) is 5.75 Å². The van der Waals surface area contributed by atoms with Gasteiger partial charge in [-0.1, -0.05) is 19.8 Å². The van der Waals surface area contributed by atoms with Crippen molar-refractivity contribution in [2.24, 2.45) is 11.3 Å². The van der Waals surface area contributed by atoms with Crippen molar-refractivity contribution in [2.45, 2.75) is 39.0 Å². The lowest BCUT2D eigenvalue weighted by atomic mass is 9.90. The van der Waals surface area contributed by atoms with Crippen LogP contribution in [0.3, 0.4) is 0 Å². The van der Waals surface area contributed by atoms with E-state index in [-0.39, 0.29) is 5.41 Å². The maximum absolute atomic E-state index is 12.0. The Labute approximate surface area is 111 Å². The zero-order valence-electron chi connectivity index (χ0n) is 11.6. The van der Waals surface area contributed by atoms with Gasteiger partial charge in [-0.2, -0.15) is 0 Å². The first-order chi connectivity index (χ1) is 8.39. The van der Waals surface area contributed by atoms with E-state index < -0.39 is 10.0 Å². The van der Waals surface area contributed by atoms with Gasteiger partial charge < -0.3 is 4.90 Å². The molecule has 1 aliphatic heterocycles. The van der Waals surface area contributed by atoms with E-state index in [1.165, 1.54) is 12.8 Å². The maximum Gasteiger partial charge on any atom is 0.211 e. The predicted octanol–water partition coefficient (Wildman–Crippen LogP) is 1.44. The van der Waals surface area contributed by atoms with Gasteiger partial charge in [0.1, 0.15) is 0 Å². The second-order valence-corrected chi connectivity index (χ2v) is 8.40. The summed E-state index contributed by atoms with van der Waals surface area (Å²) in [6, 6.07) is 0. The van der Waals surface area contributed by atoms with Crippen molar-refractivity contribution in [3.8, 4) is 0 Å². The molecule has 0 aromatic carbocycles. The van der Waals surface area contributed by atoms with Crippen molar-refractivity contribution in [2.75, 3.05) is 32.4 Å². The fourth-order valence-corrected chi connectivity index (χ4v) is 4.89. The maximum atomic E-state index is 12.0. The fourth-order valence-electron chi connectivity index (χ4n) is 3.25. The van der Waals surface area contributed by atoms with Crippen LogP contribution in [0.15, 0.2) is 0 Å². The van der Waals surface area contributed by atoms with Crippen LogP contribution in [-0.4, -0.2) is 45.8 Å². The SMILES string of the molecule is CN1CC[C@](C)(CNS(=O)(=O)CC2CCCC2)C1. The second-order valence-electron chi connectivity index (χ2n) is 6.55. The summed E-state index contributed by atoms with van der Waals surface area (Å²) in [7, 11) is -0.981. The summed E-state index contributed by atoms with van der Waals surface area (Å²) in [4.78, 5) is 2.27. The Kier molecular flexibility index (Phi) is 4.34. The molecule has 0 radical (unpaired) electrons. The minimum atomic E-state index is -3.08. The van der Waals surface area contributed by atoms with Crippen molar-refractivity contribution in [3.63, 3.8) is 0 Å². The van der Waals surface area contributed by atoms with E-state index in [1.54, 1.807) is 0 Å². The molecule has 5 heteroatoms. The molecule has 0 amide bonds.